The second kappa shape index (κ2) is 7.91. The lowest BCUT2D eigenvalue weighted by Gasteiger charge is -2.30. The molecule has 1 saturated heterocycles. The van der Waals surface area contributed by atoms with Gasteiger partial charge in [-0.2, -0.15) is 18.2 Å². The van der Waals surface area contributed by atoms with Gasteiger partial charge in [-0.25, -0.2) is 0 Å². The van der Waals surface area contributed by atoms with Gasteiger partial charge in [-0.3, -0.25) is 4.90 Å². The summed E-state index contributed by atoms with van der Waals surface area (Å²) in [6, 6.07) is 11.9. The first-order valence-electron chi connectivity index (χ1n) is 9.22. The number of nitrogens with zero attached hydrogens (tertiary/aromatic N) is 2. The minimum absolute atomic E-state index is 0.200. The Balaban J connectivity index is 1.63. The summed E-state index contributed by atoms with van der Waals surface area (Å²) in [6.45, 7) is 3.47. The summed E-state index contributed by atoms with van der Waals surface area (Å²) in [4.78, 5) is 4.17. The van der Waals surface area contributed by atoms with E-state index in [1.165, 1.54) is 22.9 Å². The van der Waals surface area contributed by atoms with Gasteiger partial charge < -0.3 is 5.21 Å². The van der Waals surface area contributed by atoms with Crippen molar-refractivity contribution >= 4 is 11.8 Å². The Hall–Kier alpha value is -1.80. The summed E-state index contributed by atoms with van der Waals surface area (Å²) in [6.07, 6.45) is -0.299. The summed E-state index contributed by atoms with van der Waals surface area (Å²) in [5.74, 6) is -0.200. The number of fused-ring (bicyclic) bond motifs is 2. The maximum Gasteiger partial charge on any atom is 0.416 e. The number of benzene rings is 2. The van der Waals surface area contributed by atoms with Gasteiger partial charge in [-0.05, 0) is 35.4 Å². The first-order chi connectivity index (χ1) is 13.4. The predicted octanol–water partition coefficient (Wildman–Crippen LogP) is 4.86. The second-order valence-electron chi connectivity index (χ2n) is 7.05. The van der Waals surface area contributed by atoms with Crippen LogP contribution >= 0.6 is 11.8 Å². The topological polar surface area (TPSA) is 26.7 Å². The van der Waals surface area contributed by atoms with Crippen molar-refractivity contribution in [1.29, 1.82) is 0 Å². The molecule has 2 aromatic rings. The monoisotopic (exact) mass is 406 g/mol. The maximum absolute atomic E-state index is 13.3. The molecule has 3 nitrogen and oxygen atoms in total. The molecule has 0 spiro atoms. The van der Waals surface area contributed by atoms with Crippen LogP contribution in [-0.4, -0.2) is 47.9 Å². The molecule has 1 N–H and O–H groups in total. The molecule has 0 amide bonds. The number of piperazine rings is 1. The fourth-order valence-corrected chi connectivity index (χ4v) is 4.79. The van der Waals surface area contributed by atoms with Crippen LogP contribution in [0, 0.1) is 0 Å². The number of hydroxylamine groups is 2. The lowest BCUT2D eigenvalue weighted by atomic mass is 9.89. The molecule has 0 bridgehead atoms. The molecule has 1 atom stereocenters. The van der Waals surface area contributed by atoms with E-state index in [1.54, 1.807) is 6.07 Å². The molecule has 0 aliphatic carbocycles. The van der Waals surface area contributed by atoms with Crippen molar-refractivity contribution in [2.24, 2.45) is 0 Å². The average Bonchev–Trinajstić information content (AvgIpc) is 2.68. The van der Waals surface area contributed by atoms with Crippen LogP contribution in [0.3, 0.4) is 0 Å². The SMILES string of the molecule is ON1CCN(CC=CC2c3ccccc3Sc3ccc(C(F)(F)F)cc32)CC1. The van der Waals surface area contributed by atoms with Crippen LogP contribution in [0.2, 0.25) is 0 Å². The van der Waals surface area contributed by atoms with Crippen LogP contribution in [0.15, 0.2) is 64.4 Å². The van der Waals surface area contributed by atoms with E-state index in [4.69, 9.17) is 0 Å². The molecule has 148 valence electrons. The van der Waals surface area contributed by atoms with Crippen LogP contribution in [0.25, 0.3) is 0 Å². The highest BCUT2D eigenvalue weighted by Crippen LogP contribution is 2.47. The van der Waals surface area contributed by atoms with Crippen molar-refractivity contribution in [1.82, 2.24) is 9.96 Å². The number of alkyl halides is 3. The van der Waals surface area contributed by atoms with Gasteiger partial charge in [-0.15, -0.1) is 0 Å². The van der Waals surface area contributed by atoms with Crippen LogP contribution in [0.4, 0.5) is 13.2 Å². The third-order valence-corrected chi connectivity index (χ3v) is 6.37. The smallest absolute Gasteiger partial charge is 0.314 e. The Morgan fingerprint density at radius 1 is 1.00 bits per heavy atom. The summed E-state index contributed by atoms with van der Waals surface area (Å²) in [5, 5.41) is 10.8. The Labute approximate surface area is 166 Å². The van der Waals surface area contributed by atoms with Gasteiger partial charge in [0.05, 0.1) is 5.56 Å². The minimum Gasteiger partial charge on any atom is -0.314 e. The van der Waals surface area contributed by atoms with E-state index in [0.717, 1.165) is 34.5 Å². The zero-order chi connectivity index (χ0) is 19.7. The highest BCUT2D eigenvalue weighted by molar-refractivity contribution is 7.99. The van der Waals surface area contributed by atoms with Crippen molar-refractivity contribution in [3.63, 3.8) is 0 Å². The number of hydrogen-bond acceptors (Lipinski definition) is 4. The Morgan fingerprint density at radius 2 is 1.71 bits per heavy atom. The zero-order valence-electron chi connectivity index (χ0n) is 15.2. The first-order valence-corrected chi connectivity index (χ1v) is 10.0. The first kappa shape index (κ1) is 19.5. The highest BCUT2D eigenvalue weighted by Gasteiger charge is 2.33. The standard InChI is InChI=1S/C21H21F3N2OS/c22-21(23,24)15-7-8-20-18(14-15)16(17-4-1-2-6-19(17)28-20)5-3-9-25-10-12-26(27)13-11-25/h1-8,14,16,27H,9-13H2. The molecular weight excluding hydrogens is 385 g/mol. The average molecular weight is 406 g/mol. The highest BCUT2D eigenvalue weighted by atomic mass is 32.2. The van der Waals surface area contributed by atoms with Gasteiger partial charge in [0.25, 0.3) is 0 Å². The molecule has 2 aliphatic heterocycles. The van der Waals surface area contributed by atoms with E-state index in [9.17, 15) is 18.4 Å². The molecule has 2 aromatic carbocycles. The molecule has 2 heterocycles. The summed E-state index contributed by atoms with van der Waals surface area (Å²) in [5.41, 5.74) is 1.13. The molecule has 0 saturated carbocycles. The third-order valence-electron chi connectivity index (χ3n) is 5.19. The van der Waals surface area contributed by atoms with Crippen LogP contribution in [-0.2, 0) is 6.18 Å². The van der Waals surface area contributed by atoms with E-state index < -0.39 is 11.7 Å². The number of allylic oxidation sites excluding steroid dienone is 1. The Kier molecular flexibility index (Phi) is 5.51. The molecule has 4 rings (SSSR count). The molecule has 7 heteroatoms. The number of halogens is 3. The summed E-state index contributed by atoms with van der Waals surface area (Å²) >= 11 is 1.52. The van der Waals surface area contributed by atoms with E-state index in [1.807, 2.05) is 36.4 Å². The lowest BCUT2D eigenvalue weighted by molar-refractivity contribution is -0.137. The van der Waals surface area contributed by atoms with Crippen molar-refractivity contribution in [3.05, 3.63) is 71.3 Å². The van der Waals surface area contributed by atoms with Crippen molar-refractivity contribution in [3.8, 4) is 0 Å². The van der Waals surface area contributed by atoms with Crippen molar-refractivity contribution in [2.75, 3.05) is 32.7 Å². The molecule has 1 unspecified atom stereocenters. The van der Waals surface area contributed by atoms with Gasteiger partial charge in [0.2, 0.25) is 0 Å². The molecular formula is C21H21F3N2OS. The summed E-state index contributed by atoms with van der Waals surface area (Å²) < 4.78 is 39.8. The predicted molar refractivity (Wildman–Crippen MR) is 103 cm³/mol. The van der Waals surface area contributed by atoms with Gasteiger partial charge in [-0.1, -0.05) is 42.1 Å². The second-order valence-corrected chi connectivity index (χ2v) is 8.13. The van der Waals surface area contributed by atoms with Crippen molar-refractivity contribution in [2.45, 2.75) is 21.9 Å². The van der Waals surface area contributed by atoms with Gasteiger partial charge in [0.1, 0.15) is 0 Å². The van der Waals surface area contributed by atoms with Crippen LogP contribution in [0.1, 0.15) is 22.6 Å². The normalized spacial score (nSPS) is 20.9. The number of hydrogen-bond donors (Lipinski definition) is 1. The molecule has 0 aromatic heterocycles. The molecule has 1 fully saturated rings. The summed E-state index contributed by atoms with van der Waals surface area (Å²) in [7, 11) is 0. The maximum atomic E-state index is 13.3. The van der Waals surface area contributed by atoms with Crippen LogP contribution in [0.5, 0.6) is 0 Å². The minimum atomic E-state index is -4.35. The quantitative estimate of drug-likeness (QED) is 0.736. The molecule has 28 heavy (non-hydrogen) atoms. The van der Waals surface area contributed by atoms with E-state index in [2.05, 4.69) is 4.90 Å². The Bertz CT molecular complexity index is 876. The lowest BCUT2D eigenvalue weighted by Crippen LogP contribution is -2.44. The van der Waals surface area contributed by atoms with E-state index in [-0.39, 0.29) is 5.92 Å². The van der Waals surface area contributed by atoms with Gasteiger partial charge >= 0.3 is 6.18 Å². The number of rotatable bonds is 3. The largest absolute Gasteiger partial charge is 0.416 e. The molecule has 2 aliphatic rings. The fraction of sp³-hybridized carbons (Fsp3) is 0.333. The van der Waals surface area contributed by atoms with Crippen molar-refractivity contribution < 1.29 is 18.4 Å². The molecule has 0 radical (unpaired) electrons. The van der Waals surface area contributed by atoms with Gasteiger partial charge in [0.15, 0.2) is 0 Å². The Morgan fingerprint density at radius 3 is 2.46 bits per heavy atom. The van der Waals surface area contributed by atoms with E-state index in [0.29, 0.717) is 25.2 Å². The van der Waals surface area contributed by atoms with E-state index >= 15 is 0 Å². The zero-order valence-corrected chi connectivity index (χ0v) is 16.0. The van der Waals surface area contributed by atoms with Crippen LogP contribution < -0.4 is 0 Å². The fourth-order valence-electron chi connectivity index (χ4n) is 3.65. The van der Waals surface area contributed by atoms with Gasteiger partial charge in [0, 0.05) is 48.4 Å². The third kappa shape index (κ3) is 4.12.